The number of hydrogen-bond donors (Lipinski definition) is 0. The fourth-order valence-corrected chi connectivity index (χ4v) is 6.21. The minimum atomic E-state index is -3.73. The molecule has 1 saturated heterocycles. The lowest BCUT2D eigenvalue weighted by Crippen LogP contribution is -2.50. The molecule has 0 atom stereocenters. The molecule has 0 saturated carbocycles. The first-order chi connectivity index (χ1) is 15.2. The second-order valence-electron chi connectivity index (χ2n) is 7.66. The SMILES string of the molecule is Cc1cc(C)n(-c2ccc(C(=O)N3CCN(S(=O)(=O)c4ccc(Br)cc4Cl)CC3)cc2)n1. The molecule has 2 heterocycles. The third kappa shape index (κ3) is 4.47. The molecule has 3 aromatic rings. The molecule has 0 aliphatic carbocycles. The molecular formula is C22H22BrClN4O3S. The third-order valence-corrected chi connectivity index (χ3v) is 8.28. The van der Waals surface area contributed by atoms with Crippen LogP contribution in [0.1, 0.15) is 21.7 Å². The summed E-state index contributed by atoms with van der Waals surface area (Å²) in [5.41, 5.74) is 3.39. The molecule has 0 N–H and O–H groups in total. The van der Waals surface area contributed by atoms with Gasteiger partial charge in [0.15, 0.2) is 0 Å². The molecule has 168 valence electrons. The Hall–Kier alpha value is -2.20. The molecule has 1 aliphatic heterocycles. The van der Waals surface area contributed by atoms with E-state index in [1.807, 2.05) is 36.7 Å². The number of carbonyl (C=O) groups is 1. The second-order valence-corrected chi connectivity index (χ2v) is 10.9. The lowest BCUT2D eigenvalue weighted by molar-refractivity contribution is 0.0698. The first-order valence-corrected chi connectivity index (χ1v) is 12.7. The Labute approximate surface area is 200 Å². The zero-order valence-corrected chi connectivity index (χ0v) is 20.8. The highest BCUT2D eigenvalue weighted by molar-refractivity contribution is 9.10. The van der Waals surface area contributed by atoms with Gasteiger partial charge in [0.25, 0.3) is 5.91 Å². The van der Waals surface area contributed by atoms with Gasteiger partial charge >= 0.3 is 0 Å². The molecule has 1 aromatic heterocycles. The predicted molar refractivity (Wildman–Crippen MR) is 127 cm³/mol. The summed E-state index contributed by atoms with van der Waals surface area (Å²) in [6.45, 7) is 4.96. The van der Waals surface area contributed by atoms with Crippen molar-refractivity contribution in [3.8, 4) is 5.69 Å². The van der Waals surface area contributed by atoms with Gasteiger partial charge < -0.3 is 4.90 Å². The Morgan fingerprint density at radius 3 is 2.22 bits per heavy atom. The number of hydrogen-bond acceptors (Lipinski definition) is 4. The van der Waals surface area contributed by atoms with E-state index in [1.165, 1.54) is 10.4 Å². The van der Waals surface area contributed by atoms with Crippen molar-refractivity contribution in [1.82, 2.24) is 19.0 Å². The first kappa shape index (κ1) is 23.0. The van der Waals surface area contributed by atoms with Gasteiger partial charge in [-0.3, -0.25) is 4.79 Å². The third-order valence-electron chi connectivity index (χ3n) is 5.41. The van der Waals surface area contributed by atoms with E-state index in [4.69, 9.17) is 11.6 Å². The fourth-order valence-electron chi connectivity index (χ4n) is 3.77. The summed E-state index contributed by atoms with van der Waals surface area (Å²) in [4.78, 5) is 14.7. The second kappa shape index (κ2) is 8.97. The van der Waals surface area contributed by atoms with Crippen LogP contribution in [0.3, 0.4) is 0 Å². The van der Waals surface area contributed by atoms with Crippen LogP contribution in [-0.4, -0.2) is 59.5 Å². The molecule has 4 rings (SSSR count). The van der Waals surface area contributed by atoms with E-state index in [-0.39, 0.29) is 28.9 Å². The summed E-state index contributed by atoms with van der Waals surface area (Å²) in [5, 5.41) is 4.63. The highest BCUT2D eigenvalue weighted by Gasteiger charge is 2.31. The van der Waals surface area contributed by atoms with Gasteiger partial charge in [-0.2, -0.15) is 9.40 Å². The van der Waals surface area contributed by atoms with Crippen molar-refractivity contribution in [3.05, 3.63) is 75.0 Å². The quantitative estimate of drug-likeness (QED) is 0.503. The van der Waals surface area contributed by atoms with Crippen molar-refractivity contribution in [2.75, 3.05) is 26.2 Å². The number of piperazine rings is 1. The van der Waals surface area contributed by atoms with Crippen molar-refractivity contribution >= 4 is 43.5 Å². The Kier molecular flexibility index (Phi) is 6.44. The van der Waals surface area contributed by atoms with Crippen LogP contribution < -0.4 is 0 Å². The van der Waals surface area contributed by atoms with Crippen LogP contribution in [0.5, 0.6) is 0 Å². The lowest BCUT2D eigenvalue weighted by atomic mass is 10.1. The van der Waals surface area contributed by atoms with Crippen LogP contribution in [0.2, 0.25) is 5.02 Å². The number of aromatic nitrogens is 2. The molecule has 0 spiro atoms. The maximum Gasteiger partial charge on any atom is 0.253 e. The number of amides is 1. The first-order valence-electron chi connectivity index (χ1n) is 10.0. The number of rotatable bonds is 4. The molecule has 0 radical (unpaired) electrons. The smallest absolute Gasteiger partial charge is 0.253 e. The van der Waals surface area contributed by atoms with Crippen LogP contribution in [0.15, 0.2) is 57.9 Å². The number of benzene rings is 2. The normalized spacial score (nSPS) is 15.2. The molecular weight excluding hydrogens is 516 g/mol. The van der Waals surface area contributed by atoms with Crippen LogP contribution in [-0.2, 0) is 10.0 Å². The molecule has 1 fully saturated rings. The van der Waals surface area contributed by atoms with Gasteiger partial charge in [-0.1, -0.05) is 27.5 Å². The van der Waals surface area contributed by atoms with Crippen LogP contribution in [0, 0.1) is 13.8 Å². The molecule has 10 heteroatoms. The summed E-state index contributed by atoms with van der Waals surface area (Å²) < 4.78 is 29.9. The van der Waals surface area contributed by atoms with Gasteiger partial charge in [0.05, 0.1) is 16.4 Å². The van der Waals surface area contributed by atoms with Crippen molar-refractivity contribution in [2.45, 2.75) is 18.7 Å². The number of aryl methyl sites for hydroxylation is 2. The highest BCUT2D eigenvalue weighted by atomic mass is 79.9. The molecule has 1 aliphatic rings. The summed E-state index contributed by atoms with van der Waals surface area (Å²) in [6, 6.07) is 14.0. The van der Waals surface area contributed by atoms with E-state index in [0.717, 1.165) is 17.1 Å². The minimum absolute atomic E-state index is 0.0712. The van der Waals surface area contributed by atoms with Gasteiger partial charge in [0, 0.05) is 41.9 Å². The molecule has 1 amide bonds. The number of carbonyl (C=O) groups excluding carboxylic acids is 1. The lowest BCUT2D eigenvalue weighted by Gasteiger charge is -2.34. The van der Waals surface area contributed by atoms with E-state index in [0.29, 0.717) is 23.1 Å². The topological polar surface area (TPSA) is 75.5 Å². The minimum Gasteiger partial charge on any atom is -0.336 e. The average Bonchev–Trinajstić information content (AvgIpc) is 3.11. The largest absolute Gasteiger partial charge is 0.336 e. The van der Waals surface area contributed by atoms with Crippen LogP contribution in [0.25, 0.3) is 5.69 Å². The van der Waals surface area contributed by atoms with Crippen molar-refractivity contribution < 1.29 is 13.2 Å². The summed E-state index contributed by atoms with van der Waals surface area (Å²) in [7, 11) is -3.73. The Balaban J connectivity index is 1.44. The predicted octanol–water partition coefficient (Wildman–Crippen LogP) is 4.05. The van der Waals surface area contributed by atoms with Crippen LogP contribution >= 0.6 is 27.5 Å². The summed E-state index contributed by atoms with van der Waals surface area (Å²) in [6.07, 6.45) is 0. The Morgan fingerprint density at radius 2 is 1.66 bits per heavy atom. The summed E-state index contributed by atoms with van der Waals surface area (Å²) in [5.74, 6) is -0.122. The number of nitrogens with zero attached hydrogens (tertiary/aromatic N) is 4. The maximum absolute atomic E-state index is 13.0. The Morgan fingerprint density at radius 1 is 1.00 bits per heavy atom. The highest BCUT2D eigenvalue weighted by Crippen LogP contribution is 2.28. The van der Waals surface area contributed by atoms with Gasteiger partial charge in [0.2, 0.25) is 10.0 Å². The van der Waals surface area contributed by atoms with Crippen molar-refractivity contribution in [3.63, 3.8) is 0 Å². The number of sulfonamides is 1. The number of halogens is 2. The fraction of sp³-hybridized carbons (Fsp3) is 0.273. The zero-order chi connectivity index (χ0) is 23.0. The van der Waals surface area contributed by atoms with E-state index in [9.17, 15) is 13.2 Å². The van der Waals surface area contributed by atoms with Gasteiger partial charge in [-0.15, -0.1) is 0 Å². The standard InChI is InChI=1S/C22H22BrClN4O3S/c1-15-13-16(2)28(25-15)19-6-3-17(4-7-19)22(29)26-9-11-27(12-10-26)32(30,31)21-8-5-18(23)14-20(21)24/h3-8,13-14H,9-12H2,1-2H3. The molecule has 7 nitrogen and oxygen atoms in total. The average molecular weight is 538 g/mol. The monoisotopic (exact) mass is 536 g/mol. The van der Waals surface area contributed by atoms with Gasteiger partial charge in [-0.25, -0.2) is 13.1 Å². The molecule has 0 bridgehead atoms. The Bertz CT molecular complexity index is 1270. The van der Waals surface area contributed by atoms with E-state index < -0.39 is 10.0 Å². The zero-order valence-electron chi connectivity index (χ0n) is 17.6. The van der Waals surface area contributed by atoms with Crippen LogP contribution in [0.4, 0.5) is 0 Å². The molecule has 32 heavy (non-hydrogen) atoms. The van der Waals surface area contributed by atoms with Crippen molar-refractivity contribution in [2.24, 2.45) is 0 Å². The van der Waals surface area contributed by atoms with E-state index in [2.05, 4.69) is 21.0 Å². The maximum atomic E-state index is 13.0. The molecule has 0 unspecified atom stereocenters. The van der Waals surface area contributed by atoms with E-state index in [1.54, 1.807) is 29.2 Å². The van der Waals surface area contributed by atoms with Gasteiger partial charge in [0.1, 0.15) is 4.90 Å². The van der Waals surface area contributed by atoms with E-state index >= 15 is 0 Å². The molecule has 2 aromatic carbocycles. The van der Waals surface area contributed by atoms with Gasteiger partial charge in [-0.05, 0) is 62.4 Å². The summed E-state index contributed by atoms with van der Waals surface area (Å²) >= 11 is 9.44. The van der Waals surface area contributed by atoms with Crippen molar-refractivity contribution in [1.29, 1.82) is 0 Å².